The van der Waals surface area contributed by atoms with Gasteiger partial charge in [-0.15, -0.1) is 12.4 Å². The van der Waals surface area contributed by atoms with Gasteiger partial charge >= 0.3 is 0 Å². The van der Waals surface area contributed by atoms with E-state index in [-0.39, 0.29) is 48.1 Å². The number of anilines is 1. The highest BCUT2D eigenvalue weighted by atomic mass is 35.5. The van der Waals surface area contributed by atoms with Crippen LogP contribution in [0.15, 0.2) is 12.1 Å². The Hall–Kier alpha value is -1.40. The highest BCUT2D eigenvalue weighted by molar-refractivity contribution is 5.92. The van der Waals surface area contributed by atoms with Crippen LogP contribution >= 0.6 is 12.4 Å². The Bertz CT molecular complexity index is 514. The summed E-state index contributed by atoms with van der Waals surface area (Å²) in [5.41, 5.74) is 5.90. The Morgan fingerprint density at radius 1 is 1.43 bits per heavy atom. The molecule has 118 valence electrons. The van der Waals surface area contributed by atoms with E-state index in [0.717, 1.165) is 25.3 Å². The molecule has 1 aromatic rings. The van der Waals surface area contributed by atoms with E-state index >= 15 is 0 Å². The Balaban J connectivity index is 0.00000220. The first-order valence-electron chi connectivity index (χ1n) is 6.59. The second-order valence-electron chi connectivity index (χ2n) is 5.08. The SMILES string of the molecule is COc1c(F)cc(F)cc1NC(=O)C[C@@H]1CCC[C@H]1N.Cl. The second-order valence-corrected chi connectivity index (χ2v) is 5.08. The van der Waals surface area contributed by atoms with Crippen molar-refractivity contribution in [2.24, 2.45) is 11.7 Å². The lowest BCUT2D eigenvalue weighted by atomic mass is 10.00. The van der Waals surface area contributed by atoms with E-state index in [9.17, 15) is 13.6 Å². The highest BCUT2D eigenvalue weighted by Crippen LogP contribution is 2.31. The molecular weight excluding hydrogens is 302 g/mol. The van der Waals surface area contributed by atoms with E-state index < -0.39 is 11.6 Å². The molecule has 2 rings (SSSR count). The molecule has 0 aliphatic heterocycles. The van der Waals surface area contributed by atoms with Crippen molar-refractivity contribution in [2.75, 3.05) is 12.4 Å². The van der Waals surface area contributed by atoms with E-state index in [1.54, 1.807) is 0 Å². The van der Waals surface area contributed by atoms with E-state index in [0.29, 0.717) is 6.07 Å². The minimum absolute atomic E-state index is 0. The molecule has 1 amide bonds. The summed E-state index contributed by atoms with van der Waals surface area (Å²) in [6, 6.07) is 1.77. The molecule has 1 aliphatic rings. The summed E-state index contributed by atoms with van der Waals surface area (Å²) in [5.74, 6) is -1.97. The zero-order chi connectivity index (χ0) is 14.7. The zero-order valence-electron chi connectivity index (χ0n) is 11.7. The van der Waals surface area contributed by atoms with Gasteiger partial charge in [-0.25, -0.2) is 8.78 Å². The molecule has 0 spiro atoms. The van der Waals surface area contributed by atoms with Crippen molar-refractivity contribution < 1.29 is 18.3 Å². The van der Waals surface area contributed by atoms with Gasteiger partial charge in [-0.05, 0) is 18.8 Å². The van der Waals surface area contributed by atoms with Crippen LogP contribution in [0.4, 0.5) is 14.5 Å². The molecule has 0 aromatic heterocycles. The Morgan fingerprint density at radius 2 is 2.14 bits per heavy atom. The summed E-state index contributed by atoms with van der Waals surface area (Å²) in [4.78, 5) is 11.9. The number of carbonyl (C=O) groups excluding carboxylic acids is 1. The number of methoxy groups -OCH3 is 1. The van der Waals surface area contributed by atoms with Gasteiger partial charge in [0.25, 0.3) is 0 Å². The molecule has 1 aliphatic carbocycles. The maximum atomic E-state index is 13.5. The fraction of sp³-hybridized carbons (Fsp3) is 0.500. The summed E-state index contributed by atoms with van der Waals surface area (Å²) < 4.78 is 31.5. The lowest BCUT2D eigenvalue weighted by molar-refractivity contribution is -0.117. The van der Waals surface area contributed by atoms with E-state index in [2.05, 4.69) is 5.32 Å². The molecular formula is C14H19ClF2N2O2. The van der Waals surface area contributed by atoms with Gasteiger partial charge in [0.2, 0.25) is 5.91 Å². The van der Waals surface area contributed by atoms with Gasteiger partial charge in [0.15, 0.2) is 11.6 Å². The quantitative estimate of drug-likeness (QED) is 0.896. The fourth-order valence-electron chi connectivity index (χ4n) is 2.62. The van der Waals surface area contributed by atoms with E-state index in [1.165, 1.54) is 7.11 Å². The highest BCUT2D eigenvalue weighted by Gasteiger charge is 2.26. The summed E-state index contributed by atoms with van der Waals surface area (Å²) in [6.45, 7) is 0. The molecule has 0 heterocycles. The third-order valence-electron chi connectivity index (χ3n) is 3.65. The zero-order valence-corrected chi connectivity index (χ0v) is 12.5. The minimum atomic E-state index is -0.847. The second kappa shape index (κ2) is 7.56. The normalized spacial score (nSPS) is 20.8. The summed E-state index contributed by atoms with van der Waals surface area (Å²) in [6.07, 6.45) is 3.08. The maximum Gasteiger partial charge on any atom is 0.224 e. The predicted octanol–water partition coefficient (Wildman–Crippen LogP) is 2.85. The fourth-order valence-corrected chi connectivity index (χ4v) is 2.62. The van der Waals surface area contributed by atoms with Crippen LogP contribution in [-0.4, -0.2) is 19.1 Å². The number of nitrogens with two attached hydrogens (primary N) is 1. The number of nitrogens with one attached hydrogen (secondary N) is 1. The summed E-state index contributed by atoms with van der Waals surface area (Å²) in [5, 5.41) is 2.49. The monoisotopic (exact) mass is 320 g/mol. The average Bonchev–Trinajstić information content (AvgIpc) is 2.74. The molecule has 1 aromatic carbocycles. The van der Waals surface area contributed by atoms with Crippen LogP contribution < -0.4 is 15.8 Å². The van der Waals surface area contributed by atoms with Gasteiger partial charge in [0.05, 0.1) is 12.8 Å². The van der Waals surface area contributed by atoms with Crippen LogP contribution in [0.1, 0.15) is 25.7 Å². The summed E-state index contributed by atoms with van der Waals surface area (Å²) >= 11 is 0. The molecule has 2 atom stereocenters. The van der Waals surface area contributed by atoms with Crippen molar-refractivity contribution in [1.82, 2.24) is 0 Å². The van der Waals surface area contributed by atoms with Crippen LogP contribution in [0.25, 0.3) is 0 Å². The van der Waals surface area contributed by atoms with Crippen LogP contribution in [0, 0.1) is 17.6 Å². The van der Waals surface area contributed by atoms with Crippen molar-refractivity contribution in [3.05, 3.63) is 23.8 Å². The van der Waals surface area contributed by atoms with Gasteiger partial charge in [0.1, 0.15) is 5.82 Å². The molecule has 0 radical (unpaired) electrons. The van der Waals surface area contributed by atoms with Crippen molar-refractivity contribution in [3.63, 3.8) is 0 Å². The molecule has 0 bridgehead atoms. The molecule has 1 fully saturated rings. The Morgan fingerprint density at radius 3 is 2.71 bits per heavy atom. The molecule has 4 nitrogen and oxygen atoms in total. The number of rotatable bonds is 4. The number of halogens is 3. The lowest BCUT2D eigenvalue weighted by Crippen LogP contribution is -2.28. The first-order valence-corrected chi connectivity index (χ1v) is 6.59. The molecule has 1 saturated carbocycles. The van der Waals surface area contributed by atoms with Crippen LogP contribution in [0.2, 0.25) is 0 Å². The molecule has 21 heavy (non-hydrogen) atoms. The third-order valence-corrected chi connectivity index (χ3v) is 3.65. The number of carbonyl (C=O) groups is 1. The largest absolute Gasteiger partial charge is 0.492 e. The van der Waals surface area contributed by atoms with Crippen molar-refractivity contribution in [3.8, 4) is 5.75 Å². The first kappa shape index (κ1) is 17.7. The minimum Gasteiger partial charge on any atom is -0.492 e. The van der Waals surface area contributed by atoms with E-state index in [1.807, 2.05) is 0 Å². The molecule has 7 heteroatoms. The summed E-state index contributed by atoms with van der Waals surface area (Å²) in [7, 11) is 1.26. The predicted molar refractivity (Wildman–Crippen MR) is 78.7 cm³/mol. The molecule has 0 unspecified atom stereocenters. The van der Waals surface area contributed by atoms with Crippen molar-refractivity contribution >= 4 is 24.0 Å². The maximum absolute atomic E-state index is 13.5. The van der Waals surface area contributed by atoms with Crippen LogP contribution in [0.3, 0.4) is 0 Å². The van der Waals surface area contributed by atoms with Crippen molar-refractivity contribution in [2.45, 2.75) is 31.7 Å². The van der Waals surface area contributed by atoms with Gasteiger partial charge in [-0.1, -0.05) is 6.42 Å². The first-order chi connectivity index (χ1) is 9.51. The number of hydrogen-bond acceptors (Lipinski definition) is 3. The van der Waals surface area contributed by atoms with Crippen LogP contribution in [-0.2, 0) is 4.79 Å². The van der Waals surface area contributed by atoms with E-state index in [4.69, 9.17) is 10.5 Å². The van der Waals surface area contributed by atoms with Crippen molar-refractivity contribution in [1.29, 1.82) is 0 Å². The topological polar surface area (TPSA) is 64.3 Å². The van der Waals surface area contributed by atoms with Gasteiger partial charge in [-0.2, -0.15) is 0 Å². The Labute approximate surface area is 128 Å². The smallest absolute Gasteiger partial charge is 0.224 e. The number of ether oxygens (including phenoxy) is 1. The third kappa shape index (κ3) is 4.28. The number of amides is 1. The number of benzene rings is 1. The Kier molecular flexibility index (Phi) is 6.36. The molecule has 0 saturated heterocycles. The number of hydrogen-bond donors (Lipinski definition) is 2. The van der Waals surface area contributed by atoms with Gasteiger partial charge in [0, 0.05) is 24.6 Å². The molecule has 3 N–H and O–H groups in total. The van der Waals surface area contributed by atoms with Gasteiger partial charge < -0.3 is 15.8 Å². The van der Waals surface area contributed by atoms with Gasteiger partial charge in [-0.3, -0.25) is 4.79 Å². The standard InChI is InChI=1S/C14H18F2N2O2.ClH/c1-20-14-10(16)6-9(15)7-12(14)18-13(19)5-8-3-2-4-11(8)17;/h6-8,11H,2-5,17H2,1H3,(H,18,19);1H/t8-,11+;/m0./s1. The average molecular weight is 321 g/mol. The lowest BCUT2D eigenvalue weighted by Gasteiger charge is -2.16. The van der Waals surface area contributed by atoms with Crippen LogP contribution in [0.5, 0.6) is 5.75 Å².